The lowest BCUT2D eigenvalue weighted by molar-refractivity contribution is 0.0991. The van der Waals surface area contributed by atoms with Gasteiger partial charge in [0.05, 0.1) is 13.2 Å². The molecule has 2 aliphatic carbocycles. The third-order valence-electron chi connectivity index (χ3n) is 11.5. The van der Waals surface area contributed by atoms with E-state index in [0.717, 1.165) is 61.5 Å². The largest absolute Gasteiger partial charge is 0.490 e. The molecule has 2 aliphatic heterocycles. The Morgan fingerprint density at radius 2 is 1.00 bits per heavy atom. The van der Waals surface area contributed by atoms with Gasteiger partial charge >= 0.3 is 0 Å². The van der Waals surface area contributed by atoms with Gasteiger partial charge in [-0.05, 0) is 113 Å². The summed E-state index contributed by atoms with van der Waals surface area (Å²) in [6.07, 6.45) is 12.5. The molecule has 4 aromatic rings. The van der Waals surface area contributed by atoms with Crippen molar-refractivity contribution in [2.75, 3.05) is 26.4 Å². The van der Waals surface area contributed by atoms with E-state index >= 15 is 0 Å². The van der Waals surface area contributed by atoms with E-state index in [2.05, 4.69) is 123 Å². The topological polar surface area (TPSA) is 43.5 Å². The van der Waals surface area contributed by atoms with Crippen LogP contribution in [0.2, 0.25) is 0 Å². The van der Waals surface area contributed by atoms with E-state index in [-0.39, 0.29) is 17.6 Å². The zero-order chi connectivity index (χ0) is 33.2. The standard InChI is InChI=1S/C45H48O4/c1-45(2,37-19-13-31(14-20-37)35-17-23-43(48-29-39-27-46-39)41(25-35)33-9-5-3-6-10-33)38-21-15-32(16-22-38)36-18-24-44(49-30-40-28-47-40)42(26-36)34-11-7-4-8-12-34/h3-13,15,17-18,23-26,37-40H,14,16,19-22,27-30H2,1-2H3. The van der Waals surface area contributed by atoms with Crippen LogP contribution in [0.1, 0.15) is 63.5 Å². The summed E-state index contributed by atoms with van der Waals surface area (Å²) in [5.74, 6) is 3.25. The number of hydrogen-bond donors (Lipinski definition) is 0. The third kappa shape index (κ3) is 7.41. The van der Waals surface area contributed by atoms with E-state index in [9.17, 15) is 0 Å². The van der Waals surface area contributed by atoms with Crippen LogP contribution in [0.5, 0.6) is 11.5 Å². The van der Waals surface area contributed by atoms with Crippen LogP contribution in [0.15, 0.2) is 109 Å². The highest BCUT2D eigenvalue weighted by molar-refractivity contribution is 5.78. The highest BCUT2D eigenvalue weighted by Gasteiger charge is 2.38. The van der Waals surface area contributed by atoms with Gasteiger partial charge in [-0.3, -0.25) is 0 Å². The number of epoxide rings is 2. The van der Waals surface area contributed by atoms with Crippen LogP contribution in [0.3, 0.4) is 0 Å². The van der Waals surface area contributed by atoms with Crippen LogP contribution < -0.4 is 9.47 Å². The highest BCUT2D eigenvalue weighted by Crippen LogP contribution is 2.50. The predicted molar refractivity (Wildman–Crippen MR) is 199 cm³/mol. The summed E-state index contributed by atoms with van der Waals surface area (Å²) in [6.45, 7) is 7.90. The zero-order valence-corrected chi connectivity index (χ0v) is 28.9. The summed E-state index contributed by atoms with van der Waals surface area (Å²) in [6, 6.07) is 34.8. The van der Waals surface area contributed by atoms with Crippen molar-refractivity contribution in [3.8, 4) is 33.8 Å². The number of benzene rings is 4. The Morgan fingerprint density at radius 3 is 1.37 bits per heavy atom. The first-order valence-corrected chi connectivity index (χ1v) is 18.3. The van der Waals surface area contributed by atoms with E-state index in [0.29, 0.717) is 25.0 Å². The van der Waals surface area contributed by atoms with E-state index < -0.39 is 0 Å². The SMILES string of the molecule is CC(C)(C1CC=C(c2ccc(OCC3CO3)c(-c3ccccc3)c2)CC1)C1CC=C(c2ccc(OCC3CO3)c(-c3ccccc3)c2)CC1. The summed E-state index contributed by atoms with van der Waals surface area (Å²) >= 11 is 0. The van der Waals surface area contributed by atoms with Crippen LogP contribution in [0.25, 0.3) is 33.4 Å². The van der Waals surface area contributed by atoms with Crippen molar-refractivity contribution in [3.05, 3.63) is 120 Å². The van der Waals surface area contributed by atoms with Gasteiger partial charge in [0, 0.05) is 11.1 Å². The molecule has 4 unspecified atom stereocenters. The minimum atomic E-state index is 0.238. The van der Waals surface area contributed by atoms with Gasteiger partial charge in [-0.2, -0.15) is 0 Å². The third-order valence-corrected chi connectivity index (χ3v) is 11.5. The monoisotopic (exact) mass is 652 g/mol. The molecule has 0 aromatic heterocycles. The first-order chi connectivity index (χ1) is 24.0. The molecule has 0 radical (unpaired) electrons. The molecule has 8 rings (SSSR count). The summed E-state index contributed by atoms with van der Waals surface area (Å²) in [5, 5.41) is 0. The Morgan fingerprint density at radius 1 is 0.571 bits per heavy atom. The average molecular weight is 653 g/mol. The number of allylic oxidation sites excluding steroid dienone is 4. The van der Waals surface area contributed by atoms with Gasteiger partial charge < -0.3 is 18.9 Å². The lowest BCUT2D eigenvalue weighted by Crippen LogP contribution is -2.34. The molecule has 2 fully saturated rings. The van der Waals surface area contributed by atoms with Gasteiger partial charge in [-0.1, -0.05) is 98.8 Å². The number of rotatable bonds is 12. The quantitative estimate of drug-likeness (QED) is 0.143. The van der Waals surface area contributed by atoms with Gasteiger partial charge in [0.15, 0.2) is 0 Å². The van der Waals surface area contributed by atoms with E-state index in [4.69, 9.17) is 18.9 Å². The lowest BCUT2D eigenvalue weighted by Gasteiger charge is -2.44. The highest BCUT2D eigenvalue weighted by atomic mass is 16.6. The van der Waals surface area contributed by atoms with Gasteiger partial charge in [-0.25, -0.2) is 0 Å². The normalized spacial score (nSPS) is 23.3. The Labute approximate surface area is 291 Å². The molecule has 0 amide bonds. The smallest absolute Gasteiger partial charge is 0.127 e. The molecule has 0 spiro atoms. The molecule has 4 aliphatic rings. The predicted octanol–water partition coefficient (Wildman–Crippen LogP) is 10.7. The molecule has 252 valence electrons. The van der Waals surface area contributed by atoms with E-state index in [1.54, 1.807) is 0 Å². The Bertz CT molecular complexity index is 1680. The van der Waals surface area contributed by atoms with Crippen molar-refractivity contribution >= 4 is 11.1 Å². The average Bonchev–Trinajstić information content (AvgIpc) is 4.11. The van der Waals surface area contributed by atoms with Crippen LogP contribution in [-0.4, -0.2) is 38.6 Å². The van der Waals surface area contributed by atoms with Crippen LogP contribution in [-0.2, 0) is 9.47 Å². The van der Waals surface area contributed by atoms with Crippen molar-refractivity contribution in [1.82, 2.24) is 0 Å². The van der Waals surface area contributed by atoms with Crippen molar-refractivity contribution in [3.63, 3.8) is 0 Å². The number of hydrogen-bond acceptors (Lipinski definition) is 4. The van der Waals surface area contributed by atoms with E-state index in [1.807, 2.05) is 0 Å². The maximum absolute atomic E-state index is 6.21. The second-order valence-corrected chi connectivity index (χ2v) is 14.9. The summed E-state index contributed by atoms with van der Waals surface area (Å²) in [4.78, 5) is 0. The van der Waals surface area contributed by atoms with E-state index in [1.165, 1.54) is 46.2 Å². The van der Waals surface area contributed by atoms with Crippen LogP contribution >= 0.6 is 0 Å². The van der Waals surface area contributed by atoms with Crippen molar-refractivity contribution < 1.29 is 18.9 Å². The minimum Gasteiger partial charge on any atom is -0.490 e. The Kier molecular flexibility index (Phi) is 9.18. The fourth-order valence-corrected chi connectivity index (χ4v) is 7.97. The maximum Gasteiger partial charge on any atom is 0.127 e. The molecular weight excluding hydrogens is 604 g/mol. The van der Waals surface area contributed by atoms with Gasteiger partial charge in [-0.15, -0.1) is 0 Å². The molecule has 2 heterocycles. The zero-order valence-electron chi connectivity index (χ0n) is 28.9. The first kappa shape index (κ1) is 32.1. The fourth-order valence-electron chi connectivity index (χ4n) is 7.97. The molecule has 4 atom stereocenters. The van der Waals surface area contributed by atoms with Gasteiger partial charge in [0.1, 0.15) is 36.9 Å². The van der Waals surface area contributed by atoms with Crippen LogP contribution in [0.4, 0.5) is 0 Å². The maximum atomic E-state index is 6.21. The number of ether oxygens (including phenoxy) is 4. The second kappa shape index (κ2) is 14.0. The molecule has 4 aromatic carbocycles. The molecule has 0 saturated carbocycles. The van der Waals surface area contributed by atoms with Crippen molar-refractivity contribution in [2.24, 2.45) is 17.3 Å². The molecule has 0 bridgehead atoms. The second-order valence-electron chi connectivity index (χ2n) is 14.9. The van der Waals surface area contributed by atoms with Gasteiger partial charge in [0.25, 0.3) is 0 Å². The fraction of sp³-hybridized carbons (Fsp3) is 0.378. The van der Waals surface area contributed by atoms with Gasteiger partial charge in [0.2, 0.25) is 0 Å². The lowest BCUT2D eigenvalue weighted by atomic mass is 9.61. The summed E-state index contributed by atoms with van der Waals surface area (Å²) in [5.41, 5.74) is 10.6. The molecule has 4 heteroatoms. The molecule has 49 heavy (non-hydrogen) atoms. The molecule has 4 nitrogen and oxygen atoms in total. The molecular formula is C45H48O4. The first-order valence-electron chi connectivity index (χ1n) is 18.3. The Balaban J connectivity index is 0.950. The minimum absolute atomic E-state index is 0.238. The summed E-state index contributed by atoms with van der Waals surface area (Å²) in [7, 11) is 0. The molecule has 2 saturated heterocycles. The van der Waals surface area contributed by atoms with Crippen molar-refractivity contribution in [2.45, 2.75) is 64.6 Å². The summed E-state index contributed by atoms with van der Waals surface area (Å²) < 4.78 is 23.2. The molecule has 0 N–H and O–H groups in total. The van der Waals surface area contributed by atoms with Crippen LogP contribution in [0, 0.1) is 17.3 Å². The van der Waals surface area contributed by atoms with Crippen molar-refractivity contribution in [1.29, 1.82) is 0 Å². The Hall–Kier alpha value is -4.12.